The number of rotatable bonds is 4. The van der Waals surface area contributed by atoms with Crippen molar-refractivity contribution in [3.63, 3.8) is 0 Å². The van der Waals surface area contributed by atoms with E-state index in [-0.39, 0.29) is 23.7 Å². The first-order valence-corrected chi connectivity index (χ1v) is 5.72. The van der Waals surface area contributed by atoms with E-state index in [9.17, 15) is 4.79 Å². The van der Waals surface area contributed by atoms with Crippen molar-refractivity contribution >= 4 is 5.91 Å². The molecule has 0 saturated heterocycles. The SMILES string of the molecule is CCNC(=O)c1nc(C(C)C)n(C(C)C)n1. The number of carbonyl (C=O) groups is 1. The summed E-state index contributed by atoms with van der Waals surface area (Å²) < 4.78 is 1.81. The lowest BCUT2D eigenvalue weighted by Crippen LogP contribution is -2.24. The molecule has 16 heavy (non-hydrogen) atoms. The Kier molecular flexibility index (Phi) is 4.04. The Morgan fingerprint density at radius 1 is 1.38 bits per heavy atom. The molecule has 90 valence electrons. The summed E-state index contributed by atoms with van der Waals surface area (Å²) in [6.45, 7) is 10.6. The maximum Gasteiger partial charge on any atom is 0.290 e. The normalized spacial score (nSPS) is 11.2. The Morgan fingerprint density at radius 3 is 2.38 bits per heavy atom. The lowest BCUT2D eigenvalue weighted by atomic mass is 10.2. The Bertz CT molecular complexity index is 343. The molecule has 0 fully saturated rings. The number of carbonyl (C=O) groups excluding carboxylic acids is 1. The molecule has 0 aliphatic rings. The van der Waals surface area contributed by atoms with Crippen LogP contribution in [0.1, 0.15) is 63.0 Å². The van der Waals surface area contributed by atoms with Gasteiger partial charge in [0.15, 0.2) is 0 Å². The van der Waals surface area contributed by atoms with E-state index in [1.165, 1.54) is 0 Å². The van der Waals surface area contributed by atoms with Crippen LogP contribution in [-0.4, -0.2) is 27.2 Å². The zero-order chi connectivity index (χ0) is 12.3. The van der Waals surface area contributed by atoms with E-state index >= 15 is 0 Å². The van der Waals surface area contributed by atoms with Crippen molar-refractivity contribution in [1.82, 2.24) is 20.1 Å². The summed E-state index contributed by atoms with van der Waals surface area (Å²) in [5, 5.41) is 6.95. The van der Waals surface area contributed by atoms with Crippen LogP contribution in [0.3, 0.4) is 0 Å². The zero-order valence-corrected chi connectivity index (χ0v) is 10.6. The van der Waals surface area contributed by atoms with Gasteiger partial charge in [0, 0.05) is 18.5 Å². The second-order valence-electron chi connectivity index (χ2n) is 4.35. The minimum absolute atomic E-state index is 0.205. The van der Waals surface area contributed by atoms with Gasteiger partial charge in [0.05, 0.1) is 0 Å². The van der Waals surface area contributed by atoms with Crippen LogP contribution in [0, 0.1) is 0 Å². The number of aromatic nitrogens is 3. The summed E-state index contributed by atoms with van der Waals surface area (Å²) in [6.07, 6.45) is 0. The van der Waals surface area contributed by atoms with E-state index in [0.717, 1.165) is 5.82 Å². The minimum Gasteiger partial charge on any atom is -0.350 e. The minimum atomic E-state index is -0.205. The molecule has 0 aliphatic heterocycles. The molecule has 0 aromatic carbocycles. The Morgan fingerprint density at radius 2 is 2.00 bits per heavy atom. The van der Waals surface area contributed by atoms with Gasteiger partial charge in [0.2, 0.25) is 5.82 Å². The molecule has 0 bridgehead atoms. The summed E-state index contributed by atoms with van der Waals surface area (Å²) in [6, 6.07) is 0.216. The van der Waals surface area contributed by atoms with Gasteiger partial charge in [-0.15, -0.1) is 5.10 Å². The lowest BCUT2D eigenvalue weighted by molar-refractivity contribution is 0.0945. The van der Waals surface area contributed by atoms with Gasteiger partial charge in [-0.3, -0.25) is 4.79 Å². The van der Waals surface area contributed by atoms with Crippen molar-refractivity contribution in [2.45, 2.75) is 46.6 Å². The topological polar surface area (TPSA) is 59.8 Å². The average molecular weight is 224 g/mol. The van der Waals surface area contributed by atoms with Gasteiger partial charge in [-0.05, 0) is 20.8 Å². The van der Waals surface area contributed by atoms with Gasteiger partial charge < -0.3 is 5.32 Å². The van der Waals surface area contributed by atoms with E-state index in [0.29, 0.717) is 6.54 Å². The molecule has 0 radical (unpaired) electrons. The number of nitrogens with zero attached hydrogens (tertiary/aromatic N) is 3. The molecule has 0 saturated carbocycles. The Labute approximate surface area is 96.3 Å². The number of amides is 1. The Hall–Kier alpha value is -1.39. The molecule has 1 amide bonds. The molecule has 0 atom stereocenters. The van der Waals surface area contributed by atoms with Crippen molar-refractivity contribution in [3.8, 4) is 0 Å². The van der Waals surface area contributed by atoms with Gasteiger partial charge in [-0.25, -0.2) is 9.67 Å². The molecule has 1 aromatic heterocycles. The van der Waals surface area contributed by atoms with E-state index < -0.39 is 0 Å². The molecule has 1 heterocycles. The quantitative estimate of drug-likeness (QED) is 0.847. The molecule has 5 heteroatoms. The molecule has 5 nitrogen and oxygen atoms in total. The lowest BCUT2D eigenvalue weighted by Gasteiger charge is -2.10. The van der Waals surface area contributed by atoms with Gasteiger partial charge >= 0.3 is 0 Å². The highest BCUT2D eigenvalue weighted by atomic mass is 16.2. The third kappa shape index (κ3) is 2.59. The molecule has 0 spiro atoms. The van der Waals surface area contributed by atoms with Crippen molar-refractivity contribution in [2.75, 3.05) is 6.54 Å². The first-order chi connectivity index (χ1) is 7.47. The van der Waals surface area contributed by atoms with Crippen LogP contribution in [0.4, 0.5) is 0 Å². The molecular formula is C11H20N4O. The first-order valence-electron chi connectivity index (χ1n) is 5.72. The molecule has 1 rings (SSSR count). The van der Waals surface area contributed by atoms with Crippen LogP contribution < -0.4 is 5.32 Å². The largest absolute Gasteiger partial charge is 0.350 e. The zero-order valence-electron chi connectivity index (χ0n) is 10.6. The fraction of sp³-hybridized carbons (Fsp3) is 0.727. The van der Waals surface area contributed by atoms with E-state index in [4.69, 9.17) is 0 Å². The summed E-state index contributed by atoms with van der Waals surface area (Å²) in [5.74, 6) is 1.18. The highest BCUT2D eigenvalue weighted by Gasteiger charge is 2.18. The molecule has 1 aromatic rings. The second kappa shape index (κ2) is 5.09. The predicted molar refractivity (Wildman–Crippen MR) is 62.5 cm³/mol. The maximum absolute atomic E-state index is 11.6. The summed E-state index contributed by atoms with van der Waals surface area (Å²) in [7, 11) is 0. The van der Waals surface area contributed by atoms with Gasteiger partial charge in [-0.1, -0.05) is 13.8 Å². The monoisotopic (exact) mass is 224 g/mol. The third-order valence-electron chi connectivity index (χ3n) is 2.20. The van der Waals surface area contributed by atoms with Gasteiger partial charge in [0.25, 0.3) is 5.91 Å². The van der Waals surface area contributed by atoms with Crippen LogP contribution in [0.5, 0.6) is 0 Å². The summed E-state index contributed by atoms with van der Waals surface area (Å²) >= 11 is 0. The van der Waals surface area contributed by atoms with Crippen LogP contribution in [-0.2, 0) is 0 Å². The summed E-state index contributed by atoms with van der Waals surface area (Å²) in [5.41, 5.74) is 0. The average Bonchev–Trinajstić information content (AvgIpc) is 2.62. The van der Waals surface area contributed by atoms with Gasteiger partial charge in [0.1, 0.15) is 5.82 Å². The van der Waals surface area contributed by atoms with Crippen LogP contribution in [0.15, 0.2) is 0 Å². The molecular weight excluding hydrogens is 204 g/mol. The van der Waals surface area contributed by atoms with Crippen LogP contribution in [0.2, 0.25) is 0 Å². The predicted octanol–water partition coefficient (Wildman–Crippen LogP) is 1.73. The standard InChI is InChI=1S/C11H20N4O/c1-6-12-11(16)9-13-10(7(2)3)15(14-9)8(4)5/h7-8H,6H2,1-5H3,(H,12,16). The van der Waals surface area contributed by atoms with Crippen molar-refractivity contribution in [1.29, 1.82) is 0 Å². The fourth-order valence-electron chi connectivity index (χ4n) is 1.44. The van der Waals surface area contributed by atoms with E-state index in [1.807, 2.05) is 39.3 Å². The van der Waals surface area contributed by atoms with Crippen LogP contribution >= 0.6 is 0 Å². The first kappa shape index (κ1) is 12.7. The molecule has 1 N–H and O–H groups in total. The van der Waals surface area contributed by atoms with E-state index in [2.05, 4.69) is 15.4 Å². The molecule has 0 aliphatic carbocycles. The highest BCUT2D eigenvalue weighted by molar-refractivity contribution is 5.90. The molecule has 0 unspecified atom stereocenters. The number of nitrogens with one attached hydrogen (secondary N) is 1. The number of hydrogen-bond acceptors (Lipinski definition) is 3. The Balaban J connectivity index is 3.06. The second-order valence-corrected chi connectivity index (χ2v) is 4.35. The highest BCUT2D eigenvalue weighted by Crippen LogP contribution is 2.16. The smallest absolute Gasteiger partial charge is 0.290 e. The maximum atomic E-state index is 11.6. The van der Waals surface area contributed by atoms with Gasteiger partial charge in [-0.2, -0.15) is 0 Å². The van der Waals surface area contributed by atoms with Crippen molar-refractivity contribution in [2.24, 2.45) is 0 Å². The van der Waals surface area contributed by atoms with Crippen molar-refractivity contribution < 1.29 is 4.79 Å². The third-order valence-corrected chi connectivity index (χ3v) is 2.20. The van der Waals surface area contributed by atoms with Crippen LogP contribution in [0.25, 0.3) is 0 Å². The number of hydrogen-bond donors (Lipinski definition) is 1. The van der Waals surface area contributed by atoms with Crippen molar-refractivity contribution in [3.05, 3.63) is 11.6 Å². The van der Waals surface area contributed by atoms with E-state index in [1.54, 1.807) is 0 Å². The fourth-order valence-corrected chi connectivity index (χ4v) is 1.44. The summed E-state index contributed by atoms with van der Waals surface area (Å²) in [4.78, 5) is 15.9.